The third-order valence-corrected chi connectivity index (χ3v) is 8.24. The largest absolute Gasteiger partial charge is 0.494 e. The number of aromatic nitrogens is 1. The number of nitriles is 2. The third kappa shape index (κ3) is 3.43. The van der Waals surface area contributed by atoms with Crippen LogP contribution >= 0.6 is 0 Å². The molecule has 0 saturated carbocycles. The maximum atomic E-state index is 11.7. The molecule has 2 bridgehead atoms. The number of aromatic hydroxyl groups is 2. The molecule has 6 rings (SSSR count). The molecule has 1 saturated heterocycles. The van der Waals surface area contributed by atoms with Crippen LogP contribution in [0.5, 0.6) is 17.5 Å². The van der Waals surface area contributed by atoms with Crippen molar-refractivity contribution in [1.82, 2.24) is 4.57 Å². The molecule has 2 aliphatic rings. The van der Waals surface area contributed by atoms with E-state index in [1.807, 2.05) is 31.2 Å². The third-order valence-electron chi connectivity index (χ3n) is 8.24. The molecule has 3 heterocycles. The summed E-state index contributed by atoms with van der Waals surface area (Å²) in [7, 11) is 1.63. The van der Waals surface area contributed by atoms with Crippen LogP contribution in [-0.2, 0) is 20.7 Å². The van der Waals surface area contributed by atoms with Crippen molar-refractivity contribution >= 4 is 10.8 Å². The molecule has 1 fully saturated rings. The highest BCUT2D eigenvalue weighted by Gasteiger charge is 2.67. The molecule has 0 spiro atoms. The molecule has 2 aliphatic heterocycles. The van der Waals surface area contributed by atoms with Gasteiger partial charge in [0.2, 0.25) is 11.8 Å². The number of fused-ring (bicyclic) bond motifs is 6. The SMILES string of the molecule is CC[C@@]12O[C@@](CCOc3ccc(C#N)cc3)(CC1OC)c1c2c(O)n(-c2ccc(C#N)c3ccccc23)c1O. The highest BCUT2D eigenvalue weighted by molar-refractivity contribution is 5.95. The molecule has 1 aromatic heterocycles. The summed E-state index contributed by atoms with van der Waals surface area (Å²) in [6.45, 7) is 2.27. The first-order chi connectivity index (χ1) is 18.9. The quantitative estimate of drug-likeness (QED) is 0.329. The maximum absolute atomic E-state index is 11.7. The standard InChI is InChI=1S/C31H27N3O5/c1-3-31-25(37-2)16-30(39-31,14-15-38-21-11-8-19(17-32)9-12-21)26-27(31)29(36)34(28(26)35)24-13-10-20(18-33)22-6-4-5-7-23(22)24/h4-13,25,35-36H,3,14-16H2,1-2H3/t25?,30-,31+/m0/s1. The zero-order chi connectivity index (χ0) is 27.4. The van der Waals surface area contributed by atoms with Gasteiger partial charge in [0, 0.05) is 30.7 Å². The van der Waals surface area contributed by atoms with Gasteiger partial charge in [0.25, 0.3) is 0 Å². The minimum atomic E-state index is -0.937. The van der Waals surface area contributed by atoms with Crippen molar-refractivity contribution in [3.63, 3.8) is 0 Å². The minimum Gasteiger partial charge on any atom is -0.494 e. The molecule has 1 unspecified atom stereocenters. The van der Waals surface area contributed by atoms with Crippen LogP contribution < -0.4 is 4.74 Å². The van der Waals surface area contributed by atoms with Gasteiger partial charge in [-0.05, 0) is 42.8 Å². The van der Waals surface area contributed by atoms with Crippen molar-refractivity contribution in [2.24, 2.45) is 0 Å². The molecular weight excluding hydrogens is 494 g/mol. The summed E-state index contributed by atoms with van der Waals surface area (Å²) in [6.07, 6.45) is 1.10. The Labute approximate surface area is 225 Å². The molecule has 4 aromatic rings. The van der Waals surface area contributed by atoms with Crippen molar-refractivity contribution in [3.8, 4) is 35.3 Å². The smallest absolute Gasteiger partial charge is 0.205 e. The highest BCUT2D eigenvalue weighted by Crippen LogP contribution is 2.67. The van der Waals surface area contributed by atoms with Crippen molar-refractivity contribution in [1.29, 1.82) is 10.5 Å². The fraction of sp³-hybridized carbons (Fsp3) is 0.290. The lowest BCUT2D eigenvalue weighted by Crippen LogP contribution is -2.37. The molecule has 0 amide bonds. The van der Waals surface area contributed by atoms with E-state index in [-0.39, 0.29) is 24.5 Å². The fourth-order valence-electron chi connectivity index (χ4n) is 6.46. The number of hydrogen-bond acceptors (Lipinski definition) is 7. The molecular formula is C31H27N3O5. The van der Waals surface area contributed by atoms with Gasteiger partial charge in [-0.25, -0.2) is 0 Å². The Balaban J connectivity index is 1.46. The Morgan fingerprint density at radius 3 is 2.36 bits per heavy atom. The topological polar surface area (TPSA) is 121 Å². The predicted molar refractivity (Wildman–Crippen MR) is 143 cm³/mol. The van der Waals surface area contributed by atoms with E-state index >= 15 is 0 Å². The Kier molecular flexibility index (Phi) is 5.76. The van der Waals surface area contributed by atoms with Crippen LogP contribution in [0.15, 0.2) is 60.7 Å². The molecule has 196 valence electrons. The molecule has 3 aromatic carbocycles. The summed E-state index contributed by atoms with van der Waals surface area (Å²) in [5.41, 5.74) is 0.837. The van der Waals surface area contributed by atoms with E-state index in [0.717, 1.165) is 10.8 Å². The first kappa shape index (κ1) is 24.8. The van der Waals surface area contributed by atoms with Crippen LogP contribution in [0.4, 0.5) is 0 Å². The molecule has 8 nitrogen and oxygen atoms in total. The van der Waals surface area contributed by atoms with E-state index in [2.05, 4.69) is 12.1 Å². The van der Waals surface area contributed by atoms with Crippen LogP contribution in [-0.4, -0.2) is 34.6 Å². The Bertz CT molecular complexity index is 1680. The van der Waals surface area contributed by atoms with Gasteiger partial charge in [-0.2, -0.15) is 10.5 Å². The maximum Gasteiger partial charge on any atom is 0.205 e. The highest BCUT2D eigenvalue weighted by atomic mass is 16.6. The molecule has 0 radical (unpaired) electrons. The summed E-state index contributed by atoms with van der Waals surface area (Å²) in [5.74, 6) is 0.428. The van der Waals surface area contributed by atoms with Crippen molar-refractivity contribution < 1.29 is 24.4 Å². The van der Waals surface area contributed by atoms with Gasteiger partial charge in [-0.1, -0.05) is 31.2 Å². The first-order valence-corrected chi connectivity index (χ1v) is 12.9. The summed E-state index contributed by atoms with van der Waals surface area (Å²) in [6, 6.07) is 22.1. The van der Waals surface area contributed by atoms with Gasteiger partial charge in [0.1, 0.15) is 17.0 Å². The van der Waals surface area contributed by atoms with Crippen LogP contribution in [0.25, 0.3) is 16.5 Å². The zero-order valence-corrected chi connectivity index (χ0v) is 21.6. The average Bonchev–Trinajstić information content (AvgIpc) is 3.56. The summed E-state index contributed by atoms with van der Waals surface area (Å²) < 4.78 is 20.1. The number of ether oxygens (including phenoxy) is 3. The second-order valence-electron chi connectivity index (χ2n) is 10.0. The lowest BCUT2D eigenvalue weighted by molar-refractivity contribution is -0.125. The monoisotopic (exact) mass is 521 g/mol. The molecule has 3 atom stereocenters. The summed E-state index contributed by atoms with van der Waals surface area (Å²) in [5, 5.41) is 43.6. The average molecular weight is 522 g/mol. The second-order valence-corrected chi connectivity index (χ2v) is 10.0. The summed E-state index contributed by atoms with van der Waals surface area (Å²) in [4.78, 5) is 0. The lowest BCUT2D eigenvalue weighted by atomic mass is 9.74. The number of benzene rings is 3. The number of rotatable bonds is 7. The van der Waals surface area contributed by atoms with Crippen LogP contribution in [0.2, 0.25) is 0 Å². The number of methoxy groups -OCH3 is 1. The van der Waals surface area contributed by atoms with E-state index in [1.165, 1.54) is 4.57 Å². The van der Waals surface area contributed by atoms with Gasteiger partial charge in [-0.3, -0.25) is 4.57 Å². The molecule has 8 heteroatoms. The Morgan fingerprint density at radius 1 is 0.974 bits per heavy atom. The van der Waals surface area contributed by atoms with E-state index < -0.39 is 11.2 Å². The first-order valence-electron chi connectivity index (χ1n) is 12.9. The van der Waals surface area contributed by atoms with Gasteiger partial charge in [-0.15, -0.1) is 0 Å². The number of hydrogen-bond donors (Lipinski definition) is 2. The lowest BCUT2D eigenvalue weighted by Gasteiger charge is -2.31. The zero-order valence-electron chi connectivity index (χ0n) is 21.6. The van der Waals surface area contributed by atoms with E-state index in [0.29, 0.717) is 53.0 Å². The second kappa shape index (κ2) is 9.06. The van der Waals surface area contributed by atoms with Gasteiger partial charge >= 0.3 is 0 Å². The Hall–Kier alpha value is -4.50. The van der Waals surface area contributed by atoms with E-state index in [4.69, 9.17) is 19.5 Å². The van der Waals surface area contributed by atoms with Crippen molar-refractivity contribution in [2.45, 2.75) is 43.5 Å². The Morgan fingerprint density at radius 2 is 1.69 bits per heavy atom. The van der Waals surface area contributed by atoms with Crippen LogP contribution in [0.1, 0.15) is 48.4 Å². The normalized spacial score (nSPS) is 22.9. The van der Waals surface area contributed by atoms with Gasteiger partial charge in [0.05, 0.1) is 52.8 Å². The molecule has 39 heavy (non-hydrogen) atoms. The van der Waals surface area contributed by atoms with Crippen LogP contribution in [0.3, 0.4) is 0 Å². The molecule has 2 N–H and O–H groups in total. The molecule has 0 aliphatic carbocycles. The fourth-order valence-corrected chi connectivity index (χ4v) is 6.46. The van der Waals surface area contributed by atoms with Crippen molar-refractivity contribution in [2.75, 3.05) is 13.7 Å². The van der Waals surface area contributed by atoms with Crippen molar-refractivity contribution in [3.05, 3.63) is 82.9 Å². The predicted octanol–water partition coefficient (Wildman–Crippen LogP) is 5.50. The van der Waals surface area contributed by atoms with E-state index in [1.54, 1.807) is 43.5 Å². The van der Waals surface area contributed by atoms with Crippen LogP contribution in [0, 0.1) is 22.7 Å². The summed E-state index contributed by atoms with van der Waals surface area (Å²) >= 11 is 0. The van der Waals surface area contributed by atoms with Gasteiger partial charge in [0.15, 0.2) is 0 Å². The van der Waals surface area contributed by atoms with E-state index in [9.17, 15) is 15.5 Å². The van der Waals surface area contributed by atoms with Gasteiger partial charge < -0.3 is 24.4 Å². The number of nitrogens with zero attached hydrogens (tertiary/aromatic N) is 3. The minimum absolute atomic E-state index is 0.0967.